The van der Waals surface area contributed by atoms with Gasteiger partial charge in [-0.1, -0.05) is 74.2 Å². The number of benzene rings is 3. The first-order valence-electron chi connectivity index (χ1n) is 10.1. The Hall–Kier alpha value is -2.85. The van der Waals surface area contributed by atoms with E-state index in [1.165, 1.54) is 31.2 Å². The van der Waals surface area contributed by atoms with Gasteiger partial charge in [-0.2, -0.15) is 0 Å². The molecule has 3 aromatic carbocycles. The van der Waals surface area contributed by atoms with E-state index in [0.29, 0.717) is 11.5 Å². The molecule has 1 aliphatic rings. The second-order valence-corrected chi connectivity index (χ2v) is 8.00. The highest BCUT2D eigenvalue weighted by molar-refractivity contribution is 5.71. The molecule has 3 aromatic rings. The van der Waals surface area contributed by atoms with Crippen LogP contribution < -0.4 is 0 Å². The third-order valence-corrected chi connectivity index (χ3v) is 6.06. The molecule has 0 atom stereocenters. The van der Waals surface area contributed by atoms with Crippen LogP contribution in [0.4, 0.5) is 4.39 Å². The van der Waals surface area contributed by atoms with E-state index in [2.05, 4.69) is 37.1 Å². The Morgan fingerprint density at radius 2 is 1.43 bits per heavy atom. The molecule has 1 saturated carbocycles. The molecule has 28 heavy (non-hydrogen) atoms. The van der Waals surface area contributed by atoms with Crippen molar-refractivity contribution in [1.82, 2.24) is 0 Å². The summed E-state index contributed by atoms with van der Waals surface area (Å²) in [4.78, 5) is 0. The van der Waals surface area contributed by atoms with Crippen molar-refractivity contribution in [3.05, 3.63) is 83.7 Å². The van der Waals surface area contributed by atoms with Crippen LogP contribution in [0.25, 0.3) is 22.3 Å². The van der Waals surface area contributed by atoms with Gasteiger partial charge in [0, 0.05) is 14.0 Å². The molecule has 1 aliphatic carbocycles. The van der Waals surface area contributed by atoms with Crippen LogP contribution in [0.3, 0.4) is 0 Å². The van der Waals surface area contributed by atoms with Crippen molar-refractivity contribution in [1.29, 1.82) is 0 Å². The first kappa shape index (κ1) is 18.5. The van der Waals surface area contributed by atoms with Crippen LogP contribution in [-0.2, 0) is 0 Å². The van der Waals surface area contributed by atoms with Gasteiger partial charge in [0.05, 0.1) is 0 Å². The lowest BCUT2D eigenvalue weighted by Crippen LogP contribution is -2.10. The molecule has 4 rings (SSSR count). The van der Waals surface area contributed by atoms with Crippen molar-refractivity contribution < 1.29 is 7.24 Å². The minimum atomic E-state index is -0.212. The molecule has 0 bridgehead atoms. The zero-order valence-electron chi connectivity index (χ0n) is 16.3. The average Bonchev–Trinajstić information content (AvgIpc) is 2.74. The smallest absolute Gasteiger partial charge is 0.131 e. The molecule has 0 aromatic heterocycles. The summed E-state index contributed by atoms with van der Waals surface area (Å²) in [6.07, 6.45) is 10.6. The molecule has 0 spiro atoms. The first-order valence-corrected chi connectivity index (χ1v) is 10.1. The lowest BCUT2D eigenvalue weighted by molar-refractivity contribution is 0.348. The molecule has 1 heteroatoms. The zero-order valence-corrected chi connectivity index (χ0v) is 16.3. The summed E-state index contributed by atoms with van der Waals surface area (Å²) in [6, 6.07) is 21.6. The van der Waals surface area contributed by atoms with Gasteiger partial charge in [0.15, 0.2) is 0 Å². The number of hydrogen-bond donors (Lipinski definition) is 0. The van der Waals surface area contributed by atoms with E-state index in [1.54, 1.807) is 6.07 Å². The van der Waals surface area contributed by atoms with E-state index in [-0.39, 0.29) is 8.67 Å². The first-order chi connectivity index (χ1) is 13.6. The third-order valence-electron chi connectivity index (χ3n) is 6.06. The highest BCUT2D eigenvalue weighted by Crippen LogP contribution is 2.36. The maximum Gasteiger partial charge on any atom is 0.131 e. The van der Waals surface area contributed by atoms with E-state index in [0.717, 1.165) is 28.2 Å². The van der Waals surface area contributed by atoms with Crippen molar-refractivity contribution in [3.8, 4) is 34.6 Å². The summed E-state index contributed by atoms with van der Waals surface area (Å²) in [6.45, 7) is 2.35. The van der Waals surface area contributed by atoms with E-state index in [1.807, 2.05) is 36.4 Å². The second kappa shape index (κ2) is 8.03. The van der Waals surface area contributed by atoms with Gasteiger partial charge in [0.1, 0.15) is 5.82 Å². The lowest BCUT2D eigenvalue weighted by Gasteiger charge is -2.26. The Morgan fingerprint density at radius 1 is 0.821 bits per heavy atom. The number of rotatable bonds is 3. The Balaban J connectivity index is 0.00000160. The average molecular weight is 373 g/mol. The van der Waals surface area contributed by atoms with E-state index in [9.17, 15) is 4.39 Å². The fourth-order valence-corrected chi connectivity index (χ4v) is 4.22. The molecule has 144 valence electrons. The maximum atomic E-state index is 14.8. The van der Waals surface area contributed by atoms with Crippen molar-refractivity contribution in [3.63, 3.8) is 0 Å². The summed E-state index contributed by atoms with van der Waals surface area (Å²) in [5, 5.41) is 0. The molecular formula is C27H29F. The fourth-order valence-electron chi connectivity index (χ4n) is 4.22. The number of terminal acetylenes is 1. The maximum absolute atomic E-state index is 14.8. The van der Waals surface area contributed by atoms with Crippen molar-refractivity contribution in [2.75, 3.05) is 0 Å². The summed E-state index contributed by atoms with van der Waals surface area (Å²) in [7, 11) is 0. The van der Waals surface area contributed by atoms with Gasteiger partial charge in [0.25, 0.3) is 0 Å². The molecule has 0 aliphatic heterocycles. The molecule has 0 radical (unpaired) electrons. The van der Waals surface area contributed by atoms with Gasteiger partial charge in [-0.25, -0.2) is 4.39 Å². The van der Waals surface area contributed by atoms with Gasteiger partial charge < -0.3 is 0 Å². The largest absolute Gasteiger partial charge is 0.206 e. The van der Waals surface area contributed by atoms with Crippen molar-refractivity contribution >= 4 is 0 Å². The molecular weight excluding hydrogens is 343 g/mol. The van der Waals surface area contributed by atoms with E-state index in [4.69, 9.17) is 6.42 Å². The topological polar surface area (TPSA) is 0 Å². The Labute approximate surface area is 170 Å². The molecule has 0 nitrogen and oxygen atoms in total. The van der Waals surface area contributed by atoms with Crippen LogP contribution in [0.5, 0.6) is 0 Å². The van der Waals surface area contributed by atoms with Gasteiger partial charge in [-0.05, 0) is 65.1 Å². The van der Waals surface area contributed by atoms with Gasteiger partial charge >= 0.3 is 0 Å². The van der Waals surface area contributed by atoms with E-state index >= 15 is 0 Å². The highest BCUT2D eigenvalue weighted by atomic mass is 19.1. The SMILES string of the molecule is C#Cc1ccc(-c2ccc(-c3ccc(C4CCC(C)CC4)cc3)cc2F)cc1.[HH].[HH]. The van der Waals surface area contributed by atoms with Crippen molar-refractivity contribution in [2.24, 2.45) is 5.92 Å². The quantitative estimate of drug-likeness (QED) is 0.409. The Bertz CT molecular complexity index is 993. The Morgan fingerprint density at radius 3 is 2.04 bits per heavy atom. The van der Waals surface area contributed by atoms with Crippen LogP contribution >= 0.6 is 0 Å². The minimum Gasteiger partial charge on any atom is -0.206 e. The summed E-state index contributed by atoms with van der Waals surface area (Å²) in [5.74, 6) is 3.91. The van der Waals surface area contributed by atoms with Crippen molar-refractivity contribution in [2.45, 2.75) is 38.5 Å². The summed E-state index contributed by atoms with van der Waals surface area (Å²) >= 11 is 0. The fraction of sp³-hybridized carbons (Fsp3) is 0.259. The monoisotopic (exact) mass is 372 g/mol. The van der Waals surface area contributed by atoms with Crippen LogP contribution in [0.2, 0.25) is 0 Å². The summed E-state index contributed by atoms with van der Waals surface area (Å²) < 4.78 is 14.8. The molecule has 1 fully saturated rings. The molecule has 0 amide bonds. The molecule has 0 saturated heterocycles. The van der Waals surface area contributed by atoms with E-state index < -0.39 is 0 Å². The standard InChI is InChI=1S/C27H25F.2H2/c1-3-20-6-10-24(11-7-20)26-17-16-25(18-27(26)28)23-14-12-22(13-15-23)21-8-4-19(2)5-9-21;;/h1,6-7,10-19,21H,4-5,8-9H2,2H3;2*1H. The Kier molecular flexibility index (Phi) is 5.31. The predicted molar refractivity (Wildman–Crippen MR) is 120 cm³/mol. The molecule has 0 N–H and O–H groups in total. The summed E-state index contributed by atoms with van der Waals surface area (Å²) in [5.41, 5.74) is 5.62. The number of hydrogen-bond acceptors (Lipinski definition) is 0. The second-order valence-electron chi connectivity index (χ2n) is 8.00. The van der Waals surface area contributed by atoms with Crippen LogP contribution in [0.1, 0.15) is 52.5 Å². The minimum absolute atomic E-state index is 0. The van der Waals surface area contributed by atoms with Crippen LogP contribution in [0, 0.1) is 24.1 Å². The molecule has 0 heterocycles. The zero-order chi connectivity index (χ0) is 19.5. The van der Waals surface area contributed by atoms with Gasteiger partial charge in [-0.3, -0.25) is 0 Å². The van der Waals surface area contributed by atoms with Gasteiger partial charge in [0.2, 0.25) is 0 Å². The number of halogens is 1. The molecule has 0 unspecified atom stereocenters. The normalized spacial score (nSPS) is 19.2. The predicted octanol–water partition coefficient (Wildman–Crippen LogP) is 7.93. The van der Waals surface area contributed by atoms with Gasteiger partial charge in [-0.15, -0.1) is 6.42 Å². The third kappa shape index (κ3) is 3.87. The lowest BCUT2D eigenvalue weighted by atomic mass is 9.79. The highest BCUT2D eigenvalue weighted by Gasteiger charge is 2.19. The van der Waals surface area contributed by atoms with Crippen LogP contribution in [0.15, 0.2) is 66.7 Å². The van der Waals surface area contributed by atoms with Crippen LogP contribution in [-0.4, -0.2) is 0 Å².